The quantitative estimate of drug-likeness (QED) is 0.532. The number of nitrogens with zero attached hydrogens (tertiary/aromatic N) is 4. The van der Waals surface area contributed by atoms with E-state index < -0.39 is 12.2 Å². The van der Waals surface area contributed by atoms with Crippen LogP contribution in [0.1, 0.15) is 56.4 Å². The molecule has 1 saturated carbocycles. The van der Waals surface area contributed by atoms with Crippen LogP contribution in [0.5, 0.6) is 0 Å². The van der Waals surface area contributed by atoms with Gasteiger partial charge in [-0.05, 0) is 44.4 Å². The van der Waals surface area contributed by atoms with Gasteiger partial charge in [-0.2, -0.15) is 0 Å². The SMILES string of the molecule is Cc1nc(-c2nnn(C)c2NC(=O)O[C@@H](C)c2ccccc2)ccc1NC(=O)C1CCCCC1. The van der Waals surface area contributed by atoms with E-state index in [1.165, 1.54) is 11.1 Å². The zero-order valence-corrected chi connectivity index (χ0v) is 19.7. The third-order valence-electron chi connectivity index (χ3n) is 6.16. The minimum absolute atomic E-state index is 0.0505. The molecule has 178 valence electrons. The number of carbonyl (C=O) groups excluding carboxylic acids is 2. The van der Waals surface area contributed by atoms with Gasteiger partial charge in [0.25, 0.3) is 0 Å². The number of pyridine rings is 1. The highest BCUT2D eigenvalue weighted by atomic mass is 16.6. The first-order chi connectivity index (χ1) is 16.4. The van der Waals surface area contributed by atoms with E-state index in [9.17, 15) is 9.59 Å². The summed E-state index contributed by atoms with van der Waals surface area (Å²) in [4.78, 5) is 29.8. The van der Waals surface area contributed by atoms with Crippen LogP contribution in [0.3, 0.4) is 0 Å². The highest BCUT2D eigenvalue weighted by molar-refractivity contribution is 5.93. The van der Waals surface area contributed by atoms with Crippen LogP contribution in [-0.4, -0.2) is 32.0 Å². The first-order valence-electron chi connectivity index (χ1n) is 11.6. The van der Waals surface area contributed by atoms with Gasteiger partial charge in [-0.25, -0.2) is 14.5 Å². The fourth-order valence-electron chi connectivity index (χ4n) is 4.17. The second-order valence-electron chi connectivity index (χ2n) is 8.65. The van der Waals surface area contributed by atoms with Gasteiger partial charge in [0.1, 0.15) is 6.10 Å². The van der Waals surface area contributed by atoms with Crippen molar-refractivity contribution in [3.63, 3.8) is 0 Å². The number of hydrogen-bond acceptors (Lipinski definition) is 6. The van der Waals surface area contributed by atoms with Gasteiger partial charge in [0.05, 0.1) is 17.1 Å². The number of hydrogen-bond donors (Lipinski definition) is 2. The minimum Gasteiger partial charge on any atom is -0.441 e. The zero-order chi connectivity index (χ0) is 24.1. The number of aryl methyl sites for hydroxylation is 2. The van der Waals surface area contributed by atoms with Crippen molar-refractivity contribution >= 4 is 23.5 Å². The molecule has 2 heterocycles. The lowest BCUT2D eigenvalue weighted by molar-refractivity contribution is -0.120. The fourth-order valence-corrected chi connectivity index (χ4v) is 4.17. The molecule has 4 rings (SSSR count). The molecular weight excluding hydrogens is 432 g/mol. The van der Waals surface area contributed by atoms with E-state index in [1.54, 1.807) is 13.1 Å². The smallest absolute Gasteiger partial charge is 0.413 e. The third-order valence-corrected chi connectivity index (χ3v) is 6.16. The van der Waals surface area contributed by atoms with Crippen LogP contribution in [-0.2, 0) is 16.6 Å². The van der Waals surface area contributed by atoms with Gasteiger partial charge < -0.3 is 10.1 Å². The summed E-state index contributed by atoms with van der Waals surface area (Å²) in [5, 5.41) is 14.0. The van der Waals surface area contributed by atoms with Crippen molar-refractivity contribution < 1.29 is 14.3 Å². The molecule has 1 aliphatic rings. The maximum absolute atomic E-state index is 12.6. The Morgan fingerprint density at radius 3 is 2.50 bits per heavy atom. The van der Waals surface area contributed by atoms with E-state index in [1.807, 2.05) is 50.2 Å². The molecule has 1 aromatic carbocycles. The predicted molar refractivity (Wildman–Crippen MR) is 129 cm³/mol. The number of aromatic nitrogens is 4. The molecule has 3 aromatic rings. The average molecular weight is 463 g/mol. The number of benzene rings is 1. The van der Waals surface area contributed by atoms with Crippen molar-refractivity contribution in [2.24, 2.45) is 13.0 Å². The number of anilines is 2. The van der Waals surface area contributed by atoms with Crippen LogP contribution >= 0.6 is 0 Å². The summed E-state index contributed by atoms with van der Waals surface area (Å²) in [5.74, 6) is 0.485. The monoisotopic (exact) mass is 462 g/mol. The highest BCUT2D eigenvalue weighted by Crippen LogP contribution is 2.28. The molecule has 0 unspecified atom stereocenters. The molecule has 0 bridgehead atoms. The van der Waals surface area contributed by atoms with Crippen LogP contribution in [0.15, 0.2) is 42.5 Å². The first-order valence-corrected chi connectivity index (χ1v) is 11.6. The number of nitrogens with one attached hydrogen (secondary N) is 2. The molecule has 1 atom stereocenters. The zero-order valence-electron chi connectivity index (χ0n) is 19.7. The molecule has 1 aliphatic carbocycles. The van der Waals surface area contributed by atoms with Crippen molar-refractivity contribution in [2.75, 3.05) is 10.6 Å². The summed E-state index contributed by atoms with van der Waals surface area (Å²) in [6, 6.07) is 13.1. The van der Waals surface area contributed by atoms with Crippen molar-refractivity contribution in [1.82, 2.24) is 20.0 Å². The fraction of sp³-hybridized carbons (Fsp3) is 0.400. The van der Waals surface area contributed by atoms with Gasteiger partial charge in [-0.15, -0.1) is 5.10 Å². The number of rotatable bonds is 6. The van der Waals surface area contributed by atoms with Gasteiger partial charge in [0, 0.05) is 13.0 Å². The summed E-state index contributed by atoms with van der Waals surface area (Å²) < 4.78 is 6.97. The molecule has 0 saturated heterocycles. The Bertz CT molecular complexity index is 1150. The summed E-state index contributed by atoms with van der Waals surface area (Å²) in [6.45, 7) is 3.64. The Morgan fingerprint density at radius 2 is 1.79 bits per heavy atom. The molecule has 9 heteroatoms. The number of ether oxygens (including phenoxy) is 1. The lowest BCUT2D eigenvalue weighted by atomic mass is 9.88. The van der Waals surface area contributed by atoms with Gasteiger partial charge in [-0.1, -0.05) is 54.8 Å². The maximum atomic E-state index is 12.6. The summed E-state index contributed by atoms with van der Waals surface area (Å²) in [6.07, 6.45) is 4.24. The normalized spacial score (nSPS) is 14.9. The standard InChI is InChI=1S/C25H30N6O3/c1-16-20(27-24(32)19-12-8-5-9-13-19)14-15-21(26-16)22-23(31(3)30-29-22)28-25(33)34-17(2)18-10-6-4-7-11-18/h4,6-7,10-11,14-15,17,19H,5,8-9,12-13H2,1-3H3,(H,27,32)(H,28,33)/t17-/m0/s1. The molecule has 0 spiro atoms. The summed E-state index contributed by atoms with van der Waals surface area (Å²) in [5.41, 5.74) is 3.18. The average Bonchev–Trinajstić information content (AvgIpc) is 3.21. The Balaban J connectivity index is 1.46. The van der Waals surface area contributed by atoms with Crippen molar-refractivity contribution in [2.45, 2.75) is 52.1 Å². The highest BCUT2D eigenvalue weighted by Gasteiger charge is 2.23. The van der Waals surface area contributed by atoms with Gasteiger partial charge >= 0.3 is 6.09 Å². The maximum Gasteiger partial charge on any atom is 0.413 e. The van der Waals surface area contributed by atoms with E-state index in [2.05, 4.69) is 25.9 Å². The van der Waals surface area contributed by atoms with Crippen LogP contribution in [0.2, 0.25) is 0 Å². The molecule has 2 aromatic heterocycles. The molecule has 1 fully saturated rings. The molecule has 34 heavy (non-hydrogen) atoms. The largest absolute Gasteiger partial charge is 0.441 e. The Hall–Kier alpha value is -3.75. The Labute approximate surface area is 198 Å². The van der Waals surface area contributed by atoms with Crippen LogP contribution < -0.4 is 10.6 Å². The van der Waals surface area contributed by atoms with E-state index in [0.717, 1.165) is 31.2 Å². The van der Waals surface area contributed by atoms with Crippen molar-refractivity contribution in [1.29, 1.82) is 0 Å². The predicted octanol–water partition coefficient (Wildman–Crippen LogP) is 5.01. The topological polar surface area (TPSA) is 111 Å². The van der Waals surface area contributed by atoms with Crippen LogP contribution in [0.4, 0.5) is 16.3 Å². The van der Waals surface area contributed by atoms with E-state index in [-0.39, 0.29) is 11.8 Å². The molecule has 0 radical (unpaired) electrons. The van der Waals surface area contributed by atoms with E-state index in [0.29, 0.717) is 28.6 Å². The Morgan fingerprint density at radius 1 is 1.06 bits per heavy atom. The van der Waals surface area contributed by atoms with Gasteiger partial charge in [-0.3, -0.25) is 10.1 Å². The van der Waals surface area contributed by atoms with Gasteiger partial charge in [0.15, 0.2) is 11.5 Å². The molecule has 2 amide bonds. The second kappa shape index (κ2) is 10.5. The lowest BCUT2D eigenvalue weighted by Gasteiger charge is -2.21. The third kappa shape index (κ3) is 5.41. The number of carbonyl (C=O) groups is 2. The van der Waals surface area contributed by atoms with Crippen LogP contribution in [0, 0.1) is 12.8 Å². The minimum atomic E-state index is -0.615. The Kier molecular flexibility index (Phi) is 7.20. The first kappa shape index (κ1) is 23.4. The second-order valence-corrected chi connectivity index (χ2v) is 8.65. The van der Waals surface area contributed by atoms with Crippen molar-refractivity contribution in [3.05, 3.63) is 53.7 Å². The van der Waals surface area contributed by atoms with Crippen LogP contribution in [0.25, 0.3) is 11.4 Å². The van der Waals surface area contributed by atoms with E-state index >= 15 is 0 Å². The summed E-state index contributed by atoms with van der Waals surface area (Å²) >= 11 is 0. The van der Waals surface area contributed by atoms with E-state index in [4.69, 9.17) is 4.74 Å². The summed E-state index contributed by atoms with van der Waals surface area (Å²) in [7, 11) is 1.68. The van der Waals surface area contributed by atoms with Gasteiger partial charge in [0.2, 0.25) is 5.91 Å². The molecule has 2 N–H and O–H groups in total. The molecule has 0 aliphatic heterocycles. The lowest BCUT2D eigenvalue weighted by Crippen LogP contribution is -2.25. The molecular formula is C25H30N6O3. The molecule has 9 nitrogen and oxygen atoms in total. The number of amides is 2. The van der Waals surface area contributed by atoms with Crippen molar-refractivity contribution in [3.8, 4) is 11.4 Å².